The lowest BCUT2D eigenvalue weighted by Gasteiger charge is -2.11. The summed E-state index contributed by atoms with van der Waals surface area (Å²) in [7, 11) is 1.80. The van der Waals surface area contributed by atoms with E-state index in [0.29, 0.717) is 24.5 Å². The van der Waals surface area contributed by atoms with Crippen LogP contribution < -0.4 is 10.1 Å². The summed E-state index contributed by atoms with van der Waals surface area (Å²) in [5, 5.41) is 11.8. The van der Waals surface area contributed by atoms with Gasteiger partial charge >= 0.3 is 0 Å². The highest BCUT2D eigenvalue weighted by Crippen LogP contribution is 2.21. The summed E-state index contributed by atoms with van der Waals surface area (Å²) in [6.07, 6.45) is 0. The number of hydrogen-bond acceptors (Lipinski definition) is 3. The summed E-state index contributed by atoms with van der Waals surface area (Å²) in [4.78, 5) is 0. The van der Waals surface area contributed by atoms with Gasteiger partial charge in [0.15, 0.2) is 0 Å². The van der Waals surface area contributed by atoms with Crippen LogP contribution in [0, 0.1) is 17.1 Å². The van der Waals surface area contributed by atoms with Crippen LogP contribution in [0.25, 0.3) is 0 Å². The number of benzene rings is 2. The van der Waals surface area contributed by atoms with E-state index in [-0.39, 0.29) is 5.82 Å². The van der Waals surface area contributed by atoms with Gasteiger partial charge in [-0.05, 0) is 42.9 Å². The first-order chi connectivity index (χ1) is 9.72. The second-order valence-corrected chi connectivity index (χ2v) is 4.38. The third kappa shape index (κ3) is 3.56. The molecule has 102 valence electrons. The van der Waals surface area contributed by atoms with Gasteiger partial charge in [-0.1, -0.05) is 12.1 Å². The molecule has 0 aromatic heterocycles. The monoisotopic (exact) mass is 270 g/mol. The lowest BCUT2D eigenvalue weighted by Crippen LogP contribution is -2.08. The van der Waals surface area contributed by atoms with Gasteiger partial charge < -0.3 is 10.1 Å². The fourth-order valence-corrected chi connectivity index (χ4v) is 1.91. The molecule has 3 nitrogen and oxygen atoms in total. The Morgan fingerprint density at radius 1 is 1.25 bits per heavy atom. The number of hydrogen-bond donors (Lipinski definition) is 1. The molecule has 0 radical (unpaired) electrons. The second kappa shape index (κ2) is 6.69. The summed E-state index contributed by atoms with van der Waals surface area (Å²) >= 11 is 0. The van der Waals surface area contributed by atoms with E-state index in [0.717, 1.165) is 11.1 Å². The molecule has 2 aromatic rings. The fraction of sp³-hybridized carbons (Fsp3) is 0.188. The Morgan fingerprint density at radius 3 is 2.85 bits per heavy atom. The molecule has 4 heteroatoms. The second-order valence-electron chi connectivity index (χ2n) is 4.38. The molecule has 0 unspecified atom stereocenters. The van der Waals surface area contributed by atoms with Crippen LogP contribution in [0.5, 0.6) is 5.75 Å². The van der Waals surface area contributed by atoms with Crippen LogP contribution in [-0.2, 0) is 13.2 Å². The lowest BCUT2D eigenvalue weighted by atomic mass is 10.1. The predicted octanol–water partition coefficient (Wildman–Crippen LogP) is 3.00. The van der Waals surface area contributed by atoms with Gasteiger partial charge in [0.05, 0.1) is 11.6 Å². The molecule has 1 N–H and O–H groups in total. The molecule has 0 aliphatic carbocycles. The molecule has 0 amide bonds. The lowest BCUT2D eigenvalue weighted by molar-refractivity contribution is 0.302. The molecule has 0 heterocycles. The Balaban J connectivity index is 2.12. The van der Waals surface area contributed by atoms with E-state index >= 15 is 0 Å². The number of rotatable bonds is 5. The maximum Gasteiger partial charge on any atom is 0.124 e. The highest BCUT2D eigenvalue weighted by atomic mass is 19.1. The first-order valence-electron chi connectivity index (χ1n) is 6.28. The minimum Gasteiger partial charge on any atom is -0.489 e. The van der Waals surface area contributed by atoms with Crippen molar-refractivity contribution in [2.75, 3.05) is 7.05 Å². The van der Waals surface area contributed by atoms with Crippen molar-refractivity contribution >= 4 is 0 Å². The van der Waals surface area contributed by atoms with Crippen LogP contribution in [-0.4, -0.2) is 7.05 Å². The van der Waals surface area contributed by atoms with Crippen LogP contribution in [0.3, 0.4) is 0 Å². The number of ether oxygens (including phenoxy) is 1. The van der Waals surface area contributed by atoms with E-state index in [1.54, 1.807) is 25.2 Å². The van der Waals surface area contributed by atoms with Gasteiger partial charge in [0, 0.05) is 12.1 Å². The number of nitriles is 1. The Hall–Kier alpha value is -2.38. The normalized spacial score (nSPS) is 10.1. The van der Waals surface area contributed by atoms with Crippen LogP contribution in [0.4, 0.5) is 4.39 Å². The molecule has 0 bridgehead atoms. The van der Waals surface area contributed by atoms with Crippen molar-refractivity contribution in [2.45, 2.75) is 13.2 Å². The van der Waals surface area contributed by atoms with E-state index in [9.17, 15) is 4.39 Å². The molecule has 20 heavy (non-hydrogen) atoms. The molecule has 0 saturated heterocycles. The quantitative estimate of drug-likeness (QED) is 0.908. The molecular weight excluding hydrogens is 255 g/mol. The van der Waals surface area contributed by atoms with E-state index in [2.05, 4.69) is 11.4 Å². The van der Waals surface area contributed by atoms with Crippen molar-refractivity contribution in [1.29, 1.82) is 5.26 Å². The Labute approximate surface area is 117 Å². The standard InChI is InChI=1S/C16H15FN2O/c1-19-10-14-8-15(17)5-6-16(14)20-11-13-4-2-3-12(7-13)9-18/h2-8,19H,10-11H2,1H3. The summed E-state index contributed by atoms with van der Waals surface area (Å²) in [6.45, 7) is 0.878. The third-order valence-electron chi connectivity index (χ3n) is 2.84. The zero-order valence-corrected chi connectivity index (χ0v) is 11.2. The molecule has 0 atom stereocenters. The first kappa shape index (κ1) is 14.0. The molecule has 0 aliphatic rings. The van der Waals surface area contributed by atoms with E-state index in [1.807, 2.05) is 12.1 Å². The average molecular weight is 270 g/mol. The third-order valence-corrected chi connectivity index (χ3v) is 2.84. The highest BCUT2D eigenvalue weighted by Gasteiger charge is 2.05. The van der Waals surface area contributed by atoms with E-state index in [4.69, 9.17) is 10.00 Å². The van der Waals surface area contributed by atoms with Crippen molar-refractivity contribution in [3.05, 3.63) is 65.0 Å². The van der Waals surface area contributed by atoms with Crippen molar-refractivity contribution in [3.8, 4) is 11.8 Å². The molecule has 0 saturated carbocycles. The Bertz CT molecular complexity index is 635. The van der Waals surface area contributed by atoms with Gasteiger partial charge in [-0.2, -0.15) is 5.26 Å². The van der Waals surface area contributed by atoms with Crippen LogP contribution in [0.1, 0.15) is 16.7 Å². The molecule has 0 spiro atoms. The van der Waals surface area contributed by atoms with Gasteiger partial charge in [0.1, 0.15) is 18.2 Å². The zero-order valence-electron chi connectivity index (χ0n) is 11.2. The van der Waals surface area contributed by atoms with Crippen LogP contribution in [0.15, 0.2) is 42.5 Å². The van der Waals surface area contributed by atoms with Gasteiger partial charge in [0.25, 0.3) is 0 Å². The summed E-state index contributed by atoms with van der Waals surface area (Å²) in [5.41, 5.74) is 2.27. The summed E-state index contributed by atoms with van der Waals surface area (Å²) in [5.74, 6) is 0.359. The van der Waals surface area contributed by atoms with Crippen molar-refractivity contribution < 1.29 is 9.13 Å². The fourth-order valence-electron chi connectivity index (χ4n) is 1.91. The number of halogens is 1. The van der Waals surface area contributed by atoms with Gasteiger partial charge in [-0.3, -0.25) is 0 Å². The van der Waals surface area contributed by atoms with Gasteiger partial charge in [-0.25, -0.2) is 4.39 Å². The van der Waals surface area contributed by atoms with E-state index < -0.39 is 0 Å². The van der Waals surface area contributed by atoms with Crippen molar-refractivity contribution in [1.82, 2.24) is 5.32 Å². The van der Waals surface area contributed by atoms with Crippen LogP contribution >= 0.6 is 0 Å². The number of nitrogens with zero attached hydrogens (tertiary/aromatic N) is 1. The Morgan fingerprint density at radius 2 is 2.10 bits per heavy atom. The first-order valence-corrected chi connectivity index (χ1v) is 6.28. The predicted molar refractivity (Wildman–Crippen MR) is 74.7 cm³/mol. The van der Waals surface area contributed by atoms with E-state index in [1.165, 1.54) is 12.1 Å². The van der Waals surface area contributed by atoms with Crippen molar-refractivity contribution in [3.63, 3.8) is 0 Å². The topological polar surface area (TPSA) is 45.0 Å². The van der Waals surface area contributed by atoms with Crippen LogP contribution in [0.2, 0.25) is 0 Å². The molecular formula is C16H15FN2O. The molecule has 2 rings (SSSR count). The maximum atomic E-state index is 13.2. The highest BCUT2D eigenvalue weighted by molar-refractivity contribution is 5.35. The molecule has 0 fully saturated rings. The summed E-state index contributed by atoms with van der Waals surface area (Å²) in [6, 6.07) is 13.8. The minimum absolute atomic E-state index is 0.283. The Kier molecular flexibility index (Phi) is 4.70. The van der Waals surface area contributed by atoms with Crippen molar-refractivity contribution in [2.24, 2.45) is 0 Å². The molecule has 2 aromatic carbocycles. The molecule has 0 aliphatic heterocycles. The smallest absolute Gasteiger partial charge is 0.124 e. The largest absolute Gasteiger partial charge is 0.489 e. The average Bonchev–Trinajstić information content (AvgIpc) is 2.47. The zero-order chi connectivity index (χ0) is 14.4. The maximum absolute atomic E-state index is 13.2. The van der Waals surface area contributed by atoms with Gasteiger partial charge in [-0.15, -0.1) is 0 Å². The van der Waals surface area contributed by atoms with Gasteiger partial charge in [0.2, 0.25) is 0 Å². The SMILES string of the molecule is CNCc1cc(F)ccc1OCc1cccc(C#N)c1. The number of nitrogens with one attached hydrogen (secondary N) is 1. The summed E-state index contributed by atoms with van der Waals surface area (Å²) < 4.78 is 18.9. The minimum atomic E-state index is -0.283.